The summed E-state index contributed by atoms with van der Waals surface area (Å²) in [7, 11) is 0. The first-order valence-electron chi connectivity index (χ1n) is 14.9. The molecule has 1 aliphatic carbocycles. The van der Waals surface area contributed by atoms with E-state index in [1.807, 2.05) is 50.2 Å². The van der Waals surface area contributed by atoms with Crippen molar-refractivity contribution in [2.24, 2.45) is 23.4 Å². The number of rotatable bonds is 9. The van der Waals surface area contributed by atoms with Crippen molar-refractivity contribution in [1.82, 2.24) is 14.8 Å². The summed E-state index contributed by atoms with van der Waals surface area (Å²) < 4.78 is 7.18. The van der Waals surface area contributed by atoms with Gasteiger partial charge in [0.1, 0.15) is 12.4 Å². The molecule has 1 fully saturated rings. The van der Waals surface area contributed by atoms with E-state index < -0.39 is 23.8 Å². The average molecular weight is 655 g/mol. The molecule has 230 valence electrons. The summed E-state index contributed by atoms with van der Waals surface area (Å²) in [4.78, 5) is 43.5. The van der Waals surface area contributed by atoms with Crippen LogP contribution in [0.15, 0.2) is 52.8 Å². The van der Waals surface area contributed by atoms with Crippen LogP contribution in [-0.2, 0) is 22.6 Å². The highest BCUT2D eigenvalue weighted by molar-refractivity contribution is 9.10. The number of nitrogens with two attached hydrogens (primary N) is 2. The molecule has 3 atom stereocenters. The highest BCUT2D eigenvalue weighted by Gasteiger charge is 2.44. The van der Waals surface area contributed by atoms with E-state index in [9.17, 15) is 19.5 Å². The first kappa shape index (κ1) is 30.9. The van der Waals surface area contributed by atoms with E-state index in [2.05, 4.69) is 15.9 Å². The molecule has 1 saturated carbocycles. The number of halogens is 1. The monoisotopic (exact) mass is 653 g/mol. The third-order valence-corrected chi connectivity index (χ3v) is 9.59. The maximum Gasteiger partial charge on any atom is 0.307 e. The van der Waals surface area contributed by atoms with Crippen LogP contribution in [0.1, 0.15) is 72.6 Å². The van der Waals surface area contributed by atoms with Gasteiger partial charge in [0.25, 0.3) is 5.91 Å². The van der Waals surface area contributed by atoms with E-state index in [0.29, 0.717) is 49.4 Å². The first-order valence-corrected chi connectivity index (χ1v) is 15.7. The summed E-state index contributed by atoms with van der Waals surface area (Å²) in [5.74, 6) is 4.07. The third-order valence-electron chi connectivity index (χ3n) is 8.85. The van der Waals surface area contributed by atoms with E-state index >= 15 is 0 Å². The number of hydrazine groups is 1. The zero-order valence-electron chi connectivity index (χ0n) is 24.7. The Hall–Kier alpha value is -3.57. The van der Waals surface area contributed by atoms with Crippen molar-refractivity contribution in [3.05, 3.63) is 75.0 Å². The van der Waals surface area contributed by atoms with Gasteiger partial charge < -0.3 is 30.4 Å². The number of carboxylic acids is 1. The zero-order valence-corrected chi connectivity index (χ0v) is 26.3. The number of aliphatic carboxylic acids is 1. The number of hydrogen-bond acceptors (Lipinski definition) is 7. The van der Waals surface area contributed by atoms with Crippen molar-refractivity contribution in [1.29, 1.82) is 0 Å². The molecule has 11 heteroatoms. The molecule has 5 rings (SSSR count). The fourth-order valence-electron chi connectivity index (χ4n) is 6.50. The summed E-state index contributed by atoms with van der Waals surface area (Å²) >= 11 is 3.71. The van der Waals surface area contributed by atoms with Crippen molar-refractivity contribution >= 4 is 33.7 Å². The second-order valence-electron chi connectivity index (χ2n) is 11.9. The molecule has 2 aromatic carbocycles. The number of benzene rings is 2. The maximum absolute atomic E-state index is 14.3. The largest absolute Gasteiger partial charge is 0.487 e. The van der Waals surface area contributed by atoms with Crippen molar-refractivity contribution in [3.8, 4) is 5.75 Å². The topological polar surface area (TPSA) is 142 Å². The van der Waals surface area contributed by atoms with E-state index in [0.717, 1.165) is 34.0 Å². The van der Waals surface area contributed by atoms with E-state index in [1.165, 1.54) is 5.01 Å². The van der Waals surface area contributed by atoms with Gasteiger partial charge in [0.05, 0.1) is 23.6 Å². The molecule has 3 aliphatic rings. The van der Waals surface area contributed by atoms with Crippen LogP contribution in [0, 0.1) is 11.8 Å². The van der Waals surface area contributed by atoms with Crippen LogP contribution in [-0.4, -0.2) is 63.4 Å². The minimum atomic E-state index is -0.929. The fourth-order valence-corrected chi connectivity index (χ4v) is 7.05. The van der Waals surface area contributed by atoms with E-state index in [4.69, 9.17) is 16.3 Å². The number of carbonyl (C=O) groups is 3. The molecule has 0 unspecified atom stereocenters. The lowest BCUT2D eigenvalue weighted by molar-refractivity contribution is -0.153. The number of fused-ring (bicyclic) bond motifs is 2. The molecule has 2 aromatic rings. The van der Waals surface area contributed by atoms with Crippen molar-refractivity contribution in [2.45, 2.75) is 64.6 Å². The summed E-state index contributed by atoms with van der Waals surface area (Å²) in [5, 5.41) is 11.5. The molecule has 2 aliphatic heterocycles. The Morgan fingerprint density at radius 2 is 1.88 bits per heavy atom. The van der Waals surface area contributed by atoms with Gasteiger partial charge in [0.15, 0.2) is 0 Å². The highest BCUT2D eigenvalue weighted by atomic mass is 79.9. The molecule has 2 amide bonds. The number of carboxylic acid groups (broad SMARTS) is 1. The molecule has 0 bridgehead atoms. The van der Waals surface area contributed by atoms with Gasteiger partial charge in [0, 0.05) is 47.5 Å². The lowest BCUT2D eigenvalue weighted by Gasteiger charge is -2.43. The summed E-state index contributed by atoms with van der Waals surface area (Å²) in [6.07, 6.45) is 4.83. The SMILES string of the molecule is CC(C)N(N)/C=C(\N)COc1ccc(Br)c2c1[C@@H](CN1Cc3ccccc3C1=O)N(C(=O)[C@@H]1CCCC[C@@H]1C(=O)O)CC2. The van der Waals surface area contributed by atoms with Crippen molar-refractivity contribution in [2.75, 3.05) is 19.7 Å². The second kappa shape index (κ2) is 13.0. The van der Waals surface area contributed by atoms with Crippen LogP contribution in [0.4, 0.5) is 0 Å². The zero-order chi connectivity index (χ0) is 30.8. The van der Waals surface area contributed by atoms with Crippen LogP contribution in [0.5, 0.6) is 5.75 Å². The first-order chi connectivity index (χ1) is 20.6. The maximum atomic E-state index is 14.3. The molecular formula is C32H40BrN5O5. The molecule has 2 heterocycles. The number of ether oxygens (including phenoxy) is 1. The molecule has 10 nitrogen and oxygen atoms in total. The van der Waals surface area contributed by atoms with E-state index in [-0.39, 0.29) is 31.0 Å². The van der Waals surface area contributed by atoms with Crippen LogP contribution < -0.4 is 16.3 Å². The Morgan fingerprint density at radius 1 is 1.16 bits per heavy atom. The van der Waals surface area contributed by atoms with Crippen LogP contribution in [0.25, 0.3) is 0 Å². The van der Waals surface area contributed by atoms with Crippen molar-refractivity contribution < 1.29 is 24.2 Å². The molecule has 43 heavy (non-hydrogen) atoms. The normalized spacial score (nSPS) is 21.9. The molecule has 0 spiro atoms. The molecule has 0 saturated heterocycles. The van der Waals surface area contributed by atoms with Gasteiger partial charge in [-0.1, -0.05) is 47.0 Å². The van der Waals surface area contributed by atoms with Crippen LogP contribution in [0.3, 0.4) is 0 Å². The Labute approximate surface area is 260 Å². The predicted molar refractivity (Wildman–Crippen MR) is 165 cm³/mol. The Kier molecular flexibility index (Phi) is 9.31. The lowest BCUT2D eigenvalue weighted by atomic mass is 9.77. The lowest BCUT2D eigenvalue weighted by Crippen LogP contribution is -2.50. The number of carbonyl (C=O) groups excluding carboxylic acids is 2. The fraction of sp³-hybridized carbons (Fsp3) is 0.469. The van der Waals surface area contributed by atoms with Gasteiger partial charge in [0.2, 0.25) is 5.91 Å². The van der Waals surface area contributed by atoms with Gasteiger partial charge in [-0.05, 0) is 62.4 Å². The Balaban J connectivity index is 1.52. The summed E-state index contributed by atoms with van der Waals surface area (Å²) in [6, 6.07) is 10.8. The average Bonchev–Trinajstić information content (AvgIpc) is 3.31. The molecule has 0 aromatic heterocycles. The standard InChI is InChI=1S/C32H40BrN5O5/c1-19(2)38(35)16-21(34)18-43-28-12-11-26(33)25-13-14-37(31(40)23-9-5-6-10-24(23)32(41)42)27(29(25)28)17-36-15-20-7-3-4-8-22(20)30(36)39/h3-4,7-8,11-12,16,19,23-24,27H,5-6,9-10,13-15,17-18,34-35H2,1-2H3,(H,41,42)/b21-16-/t23-,24+,27-/m1/s1. The Bertz CT molecular complexity index is 1430. The highest BCUT2D eigenvalue weighted by Crippen LogP contribution is 2.43. The van der Waals surface area contributed by atoms with Gasteiger partial charge in [-0.3, -0.25) is 14.4 Å². The van der Waals surface area contributed by atoms with Gasteiger partial charge in [-0.2, -0.15) is 0 Å². The smallest absolute Gasteiger partial charge is 0.307 e. The third kappa shape index (κ3) is 6.38. The van der Waals surface area contributed by atoms with Crippen LogP contribution >= 0.6 is 15.9 Å². The quantitative estimate of drug-likeness (QED) is 0.270. The summed E-state index contributed by atoms with van der Waals surface area (Å²) in [5.41, 5.74) is 10.1. The van der Waals surface area contributed by atoms with Crippen LogP contribution in [0.2, 0.25) is 0 Å². The Morgan fingerprint density at radius 3 is 2.58 bits per heavy atom. The van der Waals surface area contributed by atoms with Crippen molar-refractivity contribution in [3.63, 3.8) is 0 Å². The number of nitrogens with zero attached hydrogens (tertiary/aromatic N) is 3. The van der Waals surface area contributed by atoms with Gasteiger partial charge >= 0.3 is 5.97 Å². The molecule has 5 N–H and O–H groups in total. The molecular weight excluding hydrogens is 614 g/mol. The second-order valence-corrected chi connectivity index (χ2v) is 12.8. The number of amides is 2. The van der Waals surface area contributed by atoms with Gasteiger partial charge in [-0.25, -0.2) is 5.84 Å². The predicted octanol–water partition coefficient (Wildman–Crippen LogP) is 4.18. The molecule has 0 radical (unpaired) electrons. The van der Waals surface area contributed by atoms with Gasteiger partial charge in [-0.15, -0.1) is 0 Å². The minimum Gasteiger partial charge on any atom is -0.487 e. The summed E-state index contributed by atoms with van der Waals surface area (Å²) in [6.45, 7) is 5.07. The van der Waals surface area contributed by atoms with E-state index in [1.54, 1.807) is 16.0 Å². The minimum absolute atomic E-state index is 0.0551. The number of hydrogen-bond donors (Lipinski definition) is 3.